The Kier molecular flexibility index (Phi) is 5.47. The average molecular weight is 414 g/mol. The fourth-order valence-electron chi connectivity index (χ4n) is 2.53. The van der Waals surface area contributed by atoms with Crippen molar-refractivity contribution in [2.75, 3.05) is 26.2 Å². The normalized spacial score (nSPS) is 15.8. The van der Waals surface area contributed by atoms with Gasteiger partial charge in [-0.05, 0) is 40.1 Å². The van der Waals surface area contributed by atoms with Crippen LogP contribution in [0.2, 0.25) is 0 Å². The first kappa shape index (κ1) is 17.2. The van der Waals surface area contributed by atoms with Gasteiger partial charge >= 0.3 is 0 Å². The summed E-state index contributed by atoms with van der Waals surface area (Å²) in [6, 6.07) is 7.62. The van der Waals surface area contributed by atoms with Crippen molar-refractivity contribution in [1.29, 1.82) is 0 Å². The molecule has 1 aromatic rings. The lowest BCUT2D eigenvalue weighted by atomic mass is 9.91. The van der Waals surface area contributed by atoms with Crippen LogP contribution in [0.4, 0.5) is 0 Å². The summed E-state index contributed by atoms with van der Waals surface area (Å²) in [5, 5.41) is 0. The number of carbonyl (C=O) groups is 2. The van der Waals surface area contributed by atoms with Crippen LogP contribution in [0.1, 0.15) is 37.6 Å². The minimum absolute atomic E-state index is 0.00415. The molecular weight excluding hydrogens is 391 g/mol. The number of benzene rings is 1. The molecule has 1 fully saturated rings. The van der Waals surface area contributed by atoms with Gasteiger partial charge in [-0.2, -0.15) is 0 Å². The molecule has 0 saturated carbocycles. The second-order valence-corrected chi connectivity index (χ2v) is 8.05. The van der Waals surface area contributed by atoms with Crippen LogP contribution < -0.4 is 0 Å². The van der Waals surface area contributed by atoms with Crippen molar-refractivity contribution < 1.29 is 9.59 Å². The van der Waals surface area contributed by atoms with Gasteiger partial charge in [0.25, 0.3) is 5.91 Å². The Balaban J connectivity index is 1.94. The van der Waals surface area contributed by atoms with E-state index in [2.05, 4.69) is 43.4 Å². The van der Waals surface area contributed by atoms with Crippen molar-refractivity contribution in [2.24, 2.45) is 5.41 Å². The zero-order chi connectivity index (χ0) is 16.3. The zero-order valence-corrected chi connectivity index (χ0v) is 15.6. The first-order valence-electron chi connectivity index (χ1n) is 7.59. The monoisotopic (exact) mass is 414 g/mol. The molecule has 22 heavy (non-hydrogen) atoms. The molecule has 0 aliphatic carbocycles. The summed E-state index contributed by atoms with van der Waals surface area (Å²) in [5.41, 5.74) is 0.752. The summed E-state index contributed by atoms with van der Waals surface area (Å²) in [7, 11) is 0. The Morgan fingerprint density at radius 1 is 1.05 bits per heavy atom. The molecule has 0 aromatic heterocycles. The minimum Gasteiger partial charge on any atom is -0.339 e. The van der Waals surface area contributed by atoms with E-state index in [4.69, 9.17) is 0 Å². The lowest BCUT2D eigenvalue weighted by Gasteiger charge is -2.36. The molecule has 2 rings (SSSR count). The highest BCUT2D eigenvalue weighted by Crippen LogP contribution is 2.21. The van der Waals surface area contributed by atoms with Gasteiger partial charge in [-0.15, -0.1) is 0 Å². The molecule has 0 radical (unpaired) electrons. The molecule has 4 nitrogen and oxygen atoms in total. The van der Waals surface area contributed by atoms with E-state index in [0.717, 1.165) is 9.13 Å². The fraction of sp³-hybridized carbons (Fsp3) is 0.529. The van der Waals surface area contributed by atoms with Crippen LogP contribution in [0, 0.1) is 8.99 Å². The van der Waals surface area contributed by atoms with E-state index in [1.54, 1.807) is 0 Å². The SMILES string of the molecule is CC(C)(C)CC(=O)N1CCN(C(=O)c2ccccc2I)CC1. The van der Waals surface area contributed by atoms with Gasteiger partial charge in [-0.1, -0.05) is 32.9 Å². The maximum absolute atomic E-state index is 12.5. The van der Waals surface area contributed by atoms with Crippen molar-refractivity contribution in [3.63, 3.8) is 0 Å². The summed E-state index contributed by atoms with van der Waals surface area (Å²) in [6.07, 6.45) is 0.553. The summed E-state index contributed by atoms with van der Waals surface area (Å²) in [4.78, 5) is 28.5. The fourth-order valence-corrected chi connectivity index (χ4v) is 3.15. The number of nitrogens with zero attached hydrogens (tertiary/aromatic N) is 2. The average Bonchev–Trinajstić information content (AvgIpc) is 2.45. The van der Waals surface area contributed by atoms with E-state index in [0.29, 0.717) is 32.6 Å². The Bertz CT molecular complexity index is 558. The van der Waals surface area contributed by atoms with E-state index in [1.807, 2.05) is 34.1 Å². The predicted molar refractivity (Wildman–Crippen MR) is 95.7 cm³/mol. The third-order valence-electron chi connectivity index (χ3n) is 3.71. The Labute approximate surface area is 146 Å². The number of hydrogen-bond donors (Lipinski definition) is 0. The van der Waals surface area contributed by atoms with Crippen molar-refractivity contribution in [3.05, 3.63) is 33.4 Å². The Hall–Kier alpha value is -1.11. The molecule has 1 aliphatic rings. The standard InChI is InChI=1S/C17H23IN2O2/c1-17(2,3)12-15(21)19-8-10-20(11-9-19)16(22)13-6-4-5-7-14(13)18/h4-7H,8-12H2,1-3H3. The van der Waals surface area contributed by atoms with E-state index in [9.17, 15) is 9.59 Å². The zero-order valence-electron chi connectivity index (χ0n) is 13.4. The van der Waals surface area contributed by atoms with Gasteiger partial charge < -0.3 is 9.80 Å². The second-order valence-electron chi connectivity index (χ2n) is 6.89. The Morgan fingerprint density at radius 2 is 1.59 bits per heavy atom. The number of halogens is 1. The molecule has 1 aromatic carbocycles. The maximum Gasteiger partial charge on any atom is 0.255 e. The van der Waals surface area contributed by atoms with E-state index < -0.39 is 0 Å². The summed E-state index contributed by atoms with van der Waals surface area (Å²) < 4.78 is 0.969. The van der Waals surface area contributed by atoms with Crippen molar-refractivity contribution >= 4 is 34.4 Å². The summed E-state index contributed by atoms with van der Waals surface area (Å²) >= 11 is 2.19. The lowest BCUT2D eigenvalue weighted by Crippen LogP contribution is -2.51. The number of hydrogen-bond acceptors (Lipinski definition) is 2. The Morgan fingerprint density at radius 3 is 2.14 bits per heavy atom. The lowest BCUT2D eigenvalue weighted by molar-refractivity contribution is -0.134. The van der Waals surface area contributed by atoms with E-state index in [1.165, 1.54) is 0 Å². The van der Waals surface area contributed by atoms with Gasteiger partial charge in [0, 0.05) is 36.2 Å². The molecule has 0 spiro atoms. The molecule has 5 heteroatoms. The van der Waals surface area contributed by atoms with Gasteiger partial charge in [0.2, 0.25) is 5.91 Å². The molecule has 0 unspecified atom stereocenters. The van der Waals surface area contributed by atoms with Crippen LogP contribution in [-0.4, -0.2) is 47.8 Å². The van der Waals surface area contributed by atoms with Crippen LogP contribution in [0.3, 0.4) is 0 Å². The van der Waals surface area contributed by atoms with E-state index in [-0.39, 0.29) is 17.2 Å². The third kappa shape index (κ3) is 4.44. The van der Waals surface area contributed by atoms with Crippen molar-refractivity contribution in [2.45, 2.75) is 27.2 Å². The van der Waals surface area contributed by atoms with Crippen LogP contribution in [-0.2, 0) is 4.79 Å². The summed E-state index contributed by atoms with van der Waals surface area (Å²) in [5.74, 6) is 0.252. The number of piperazine rings is 1. The van der Waals surface area contributed by atoms with Gasteiger partial charge in [0.1, 0.15) is 0 Å². The van der Waals surface area contributed by atoms with Crippen molar-refractivity contribution in [1.82, 2.24) is 9.80 Å². The smallest absolute Gasteiger partial charge is 0.255 e. The second kappa shape index (κ2) is 6.98. The molecule has 0 N–H and O–H groups in total. The summed E-state index contributed by atoms with van der Waals surface area (Å²) in [6.45, 7) is 8.69. The highest BCUT2D eigenvalue weighted by molar-refractivity contribution is 14.1. The van der Waals surface area contributed by atoms with Gasteiger partial charge in [0.15, 0.2) is 0 Å². The minimum atomic E-state index is 0.00415. The van der Waals surface area contributed by atoms with Gasteiger partial charge in [0.05, 0.1) is 5.56 Å². The quantitative estimate of drug-likeness (QED) is 0.699. The first-order chi connectivity index (χ1) is 10.3. The molecule has 120 valence electrons. The number of carbonyl (C=O) groups excluding carboxylic acids is 2. The predicted octanol–water partition coefficient (Wildman–Crippen LogP) is 3.01. The molecule has 1 aliphatic heterocycles. The largest absolute Gasteiger partial charge is 0.339 e. The van der Waals surface area contributed by atoms with Crippen LogP contribution in [0.25, 0.3) is 0 Å². The third-order valence-corrected chi connectivity index (χ3v) is 4.65. The number of amides is 2. The molecule has 0 atom stereocenters. The van der Waals surface area contributed by atoms with Crippen LogP contribution in [0.5, 0.6) is 0 Å². The van der Waals surface area contributed by atoms with Crippen LogP contribution in [0.15, 0.2) is 24.3 Å². The topological polar surface area (TPSA) is 40.6 Å². The molecule has 2 amide bonds. The molecular formula is C17H23IN2O2. The van der Waals surface area contributed by atoms with Crippen molar-refractivity contribution in [3.8, 4) is 0 Å². The van der Waals surface area contributed by atoms with Gasteiger partial charge in [-0.25, -0.2) is 0 Å². The maximum atomic E-state index is 12.5. The highest BCUT2D eigenvalue weighted by Gasteiger charge is 2.27. The molecule has 0 bridgehead atoms. The highest BCUT2D eigenvalue weighted by atomic mass is 127. The first-order valence-corrected chi connectivity index (χ1v) is 8.67. The van der Waals surface area contributed by atoms with Gasteiger partial charge in [-0.3, -0.25) is 9.59 Å². The van der Waals surface area contributed by atoms with Crippen LogP contribution >= 0.6 is 22.6 Å². The molecule has 1 heterocycles. The number of rotatable bonds is 2. The molecule has 1 saturated heterocycles. The van der Waals surface area contributed by atoms with E-state index >= 15 is 0 Å².